The van der Waals surface area contributed by atoms with Crippen LogP contribution < -0.4 is 0 Å². The first-order valence-electron chi connectivity index (χ1n) is 21.7. The van der Waals surface area contributed by atoms with Gasteiger partial charge in [-0.25, -0.2) is 4.39 Å². The molecule has 0 aromatic heterocycles. The first kappa shape index (κ1) is 38.4. The average Bonchev–Trinajstić information content (AvgIpc) is 3.16. The van der Waals surface area contributed by atoms with E-state index >= 15 is 4.39 Å². The molecule has 4 heteroatoms. The summed E-state index contributed by atoms with van der Waals surface area (Å²) in [5.74, 6) is 0.153. The zero-order valence-electron chi connectivity index (χ0n) is 30.9. The van der Waals surface area contributed by atoms with Crippen LogP contribution in [0.1, 0.15) is 198 Å². The molecule has 7 rings (SSSR count). The summed E-state index contributed by atoms with van der Waals surface area (Å²) in [6.07, 6.45) is 46.7. The van der Waals surface area contributed by atoms with Gasteiger partial charge in [-0.1, -0.05) is 56.7 Å². The molecule has 1 aromatic rings. The molecule has 272 valence electrons. The van der Waals surface area contributed by atoms with Crippen molar-refractivity contribution in [3.8, 4) is 0 Å². The molecule has 0 N–H and O–H groups in total. The van der Waals surface area contributed by atoms with Gasteiger partial charge in [-0.3, -0.25) is 0 Å². The number of benzene rings is 1. The van der Waals surface area contributed by atoms with Crippen molar-refractivity contribution in [2.24, 2.45) is 0 Å². The van der Waals surface area contributed by atoms with Crippen LogP contribution in [0.5, 0.6) is 0 Å². The Bertz CT molecular complexity index is 918. The second-order valence-electron chi connectivity index (χ2n) is 17.8. The smallest absolute Gasteiger partial charge is 0.174 e. The molecule has 6 aliphatic carbocycles. The Morgan fingerprint density at radius 3 is 0.917 bits per heavy atom. The molecule has 0 heterocycles. The zero-order valence-corrected chi connectivity index (χ0v) is 34.4. The standard InChI is InChI=1S/C44H73FP2.Ru/c45-43-34-20-19-21-36(43)35-44(46(37-22-7-1-8-23-37,38-24-9-2-10-25-38)39-26-11-3-12-27-39)47(40-28-13-4-14-29-40,41-30-15-5-16-31-41)42-32-17-6-18-33-42;/h19-21,34,37-42,44H,1-18,22-33,35H2;/q+2;. The summed E-state index contributed by atoms with van der Waals surface area (Å²) in [5.41, 5.74) is 7.22. The van der Waals surface area contributed by atoms with Gasteiger partial charge in [0.05, 0.1) is 48.5 Å². The molecule has 0 radical (unpaired) electrons. The van der Waals surface area contributed by atoms with Crippen LogP contribution in [0.2, 0.25) is 0 Å². The molecule has 0 atom stereocenters. The minimum absolute atomic E-state index is 0. The van der Waals surface area contributed by atoms with Crippen molar-refractivity contribution in [3.63, 3.8) is 0 Å². The molecule has 0 saturated heterocycles. The third-order valence-electron chi connectivity index (χ3n) is 15.6. The quantitative estimate of drug-likeness (QED) is 0.164. The Balaban J connectivity index is 0.00000401. The summed E-state index contributed by atoms with van der Waals surface area (Å²) in [5, 5.41) is 0.885. The van der Waals surface area contributed by atoms with Gasteiger partial charge in [0, 0.05) is 25.9 Å². The first-order chi connectivity index (χ1) is 23.3. The van der Waals surface area contributed by atoms with E-state index in [0.717, 1.165) is 51.3 Å². The van der Waals surface area contributed by atoms with Crippen LogP contribution in [0.25, 0.3) is 0 Å². The molecule has 6 saturated carbocycles. The third kappa shape index (κ3) is 7.79. The first-order valence-corrected chi connectivity index (χ1v) is 25.9. The van der Waals surface area contributed by atoms with E-state index in [4.69, 9.17) is 0 Å². The maximum Gasteiger partial charge on any atom is 0.174 e. The molecule has 0 spiro atoms. The van der Waals surface area contributed by atoms with Crippen molar-refractivity contribution in [2.75, 3.05) is 0 Å². The van der Waals surface area contributed by atoms with Crippen LogP contribution in [-0.2, 0) is 25.9 Å². The topological polar surface area (TPSA) is 0 Å². The molecule has 0 unspecified atom stereocenters. The van der Waals surface area contributed by atoms with Gasteiger partial charge in [0.1, 0.15) is 5.82 Å². The number of hydrogen-bond donors (Lipinski definition) is 0. The Morgan fingerprint density at radius 2 is 0.667 bits per heavy atom. The van der Waals surface area contributed by atoms with Crippen LogP contribution >= 0.6 is 14.5 Å². The van der Waals surface area contributed by atoms with Gasteiger partial charge >= 0.3 is 0 Å². The van der Waals surface area contributed by atoms with Gasteiger partial charge in [-0.05, 0) is 166 Å². The van der Waals surface area contributed by atoms with E-state index in [0.29, 0.717) is 0 Å². The molecule has 0 amide bonds. The fraction of sp³-hybridized carbons (Fsp3) is 0.864. The molecule has 0 aliphatic heterocycles. The van der Waals surface area contributed by atoms with Gasteiger partial charge < -0.3 is 0 Å². The van der Waals surface area contributed by atoms with Gasteiger partial charge in [-0.2, -0.15) is 0 Å². The van der Waals surface area contributed by atoms with Crippen molar-refractivity contribution in [3.05, 3.63) is 35.6 Å². The largest absolute Gasteiger partial charge is 0.207 e. The minimum atomic E-state index is -1.46. The van der Waals surface area contributed by atoms with Crippen molar-refractivity contribution in [2.45, 2.75) is 238 Å². The number of rotatable bonds is 10. The summed E-state index contributed by atoms with van der Waals surface area (Å²) in [4.78, 5) is 0. The number of halogens is 1. The van der Waals surface area contributed by atoms with Gasteiger partial charge in [0.15, 0.2) is 5.40 Å². The number of hydrogen-bond acceptors (Lipinski definition) is 0. The van der Waals surface area contributed by atoms with Crippen LogP contribution in [0.15, 0.2) is 24.3 Å². The Labute approximate surface area is 310 Å². The predicted octanol–water partition coefficient (Wildman–Crippen LogP) is 14.7. The Hall–Kier alpha value is 0.633. The normalized spacial score (nSPS) is 26.0. The summed E-state index contributed by atoms with van der Waals surface area (Å²) < 4.78 is 16.4. The van der Waals surface area contributed by atoms with Gasteiger partial charge in [0.2, 0.25) is 0 Å². The van der Waals surface area contributed by atoms with E-state index in [1.54, 1.807) is 77.0 Å². The summed E-state index contributed by atoms with van der Waals surface area (Å²) in [6.45, 7) is 0. The van der Waals surface area contributed by atoms with Crippen LogP contribution in [-0.4, -0.2) is 39.4 Å². The molecule has 1 aromatic carbocycles. The summed E-state index contributed by atoms with van der Waals surface area (Å²) in [7, 11) is -2.91. The Morgan fingerprint density at radius 1 is 0.417 bits per heavy atom. The van der Waals surface area contributed by atoms with E-state index in [2.05, 4.69) is 12.1 Å². The van der Waals surface area contributed by atoms with E-state index in [1.807, 2.05) is 12.1 Å². The van der Waals surface area contributed by atoms with Crippen molar-refractivity contribution in [1.29, 1.82) is 0 Å². The second-order valence-corrected chi connectivity index (χ2v) is 27.4. The van der Waals surface area contributed by atoms with E-state index in [-0.39, 0.29) is 25.3 Å². The van der Waals surface area contributed by atoms with E-state index in [9.17, 15) is 0 Å². The van der Waals surface area contributed by atoms with Crippen LogP contribution in [0, 0.1) is 5.82 Å². The Kier molecular flexibility index (Phi) is 14.9. The average molecular weight is 784 g/mol. The minimum Gasteiger partial charge on any atom is -0.207 e. The molecule has 48 heavy (non-hydrogen) atoms. The molecule has 6 fully saturated rings. The van der Waals surface area contributed by atoms with Crippen molar-refractivity contribution in [1.82, 2.24) is 0 Å². The predicted molar refractivity (Wildman–Crippen MR) is 209 cm³/mol. The fourth-order valence-electron chi connectivity index (χ4n) is 13.9. The van der Waals surface area contributed by atoms with Gasteiger partial charge in [0.25, 0.3) is 0 Å². The second kappa shape index (κ2) is 18.6. The molecular formula is C44H73FP2Ru+2. The maximum atomic E-state index is 16.4. The maximum absolute atomic E-state index is 16.4. The molecule has 0 nitrogen and oxygen atoms in total. The summed E-state index contributed by atoms with van der Waals surface area (Å²) >= 11 is 0. The molecular weight excluding hydrogens is 710 g/mol. The zero-order chi connectivity index (χ0) is 31.9. The fourth-order valence-corrected chi connectivity index (χ4v) is 35.2. The molecule has 6 aliphatic rings. The molecule has 0 bridgehead atoms. The van der Waals surface area contributed by atoms with Crippen LogP contribution in [0.3, 0.4) is 0 Å². The van der Waals surface area contributed by atoms with E-state index < -0.39 is 14.5 Å². The SMILES string of the molecule is Fc1ccccc1CC([P+](C1CCCCC1)(C1CCCCC1)C1CCCCC1)[P+](C1CCCCC1)(C1CCCCC1)C1CCCCC1.[Ru]. The van der Waals surface area contributed by atoms with Gasteiger partial charge in [-0.15, -0.1) is 0 Å². The van der Waals surface area contributed by atoms with E-state index in [1.165, 1.54) is 116 Å². The van der Waals surface area contributed by atoms with Crippen molar-refractivity contribution >= 4 is 14.5 Å². The monoisotopic (exact) mass is 784 g/mol. The van der Waals surface area contributed by atoms with Crippen LogP contribution in [0.4, 0.5) is 4.39 Å². The van der Waals surface area contributed by atoms with Crippen molar-refractivity contribution < 1.29 is 23.9 Å². The third-order valence-corrected chi connectivity index (χ3v) is 31.2. The summed E-state index contributed by atoms with van der Waals surface area (Å²) in [6, 6.07) is 8.37.